The maximum Gasteiger partial charge on any atom is 0.0901 e. The Hall–Kier alpha value is -0.0800. The monoisotopic (exact) mass is 143 g/mol. The van der Waals surface area contributed by atoms with E-state index < -0.39 is 0 Å². The number of nitrogens with one attached hydrogen (secondary N) is 1. The van der Waals surface area contributed by atoms with Crippen LogP contribution >= 0.6 is 0 Å². The highest BCUT2D eigenvalue weighted by Crippen LogP contribution is 2.15. The van der Waals surface area contributed by atoms with Crippen LogP contribution in [-0.4, -0.2) is 25.3 Å². The Labute approximate surface area is 63.0 Å². The third-order valence-electron chi connectivity index (χ3n) is 1.76. The second kappa shape index (κ2) is 2.89. The molecular weight excluding hydrogens is 126 g/mol. The summed E-state index contributed by atoms with van der Waals surface area (Å²) >= 11 is 0. The largest absolute Gasteiger partial charge is 0.372 e. The normalized spacial score (nSPS) is 22.8. The van der Waals surface area contributed by atoms with Gasteiger partial charge in [-0.15, -0.1) is 0 Å². The van der Waals surface area contributed by atoms with E-state index in [1.54, 1.807) is 0 Å². The zero-order valence-corrected chi connectivity index (χ0v) is 7.11. The van der Waals surface area contributed by atoms with Crippen molar-refractivity contribution in [3.8, 4) is 0 Å². The van der Waals surface area contributed by atoms with Gasteiger partial charge in [0.25, 0.3) is 0 Å². The summed E-state index contributed by atoms with van der Waals surface area (Å²) in [6.07, 6.45) is 0. The van der Waals surface area contributed by atoms with Gasteiger partial charge in [-0.3, -0.25) is 0 Å². The molecule has 0 aromatic rings. The Morgan fingerprint density at radius 1 is 1.50 bits per heavy atom. The van der Waals surface area contributed by atoms with Crippen LogP contribution in [0.25, 0.3) is 0 Å². The summed E-state index contributed by atoms with van der Waals surface area (Å²) in [4.78, 5) is 0. The lowest BCUT2D eigenvalue weighted by molar-refractivity contribution is -0.0763. The first-order valence-corrected chi connectivity index (χ1v) is 3.97. The van der Waals surface area contributed by atoms with Gasteiger partial charge in [-0.25, -0.2) is 0 Å². The van der Waals surface area contributed by atoms with Gasteiger partial charge < -0.3 is 10.1 Å². The molecule has 0 saturated carbocycles. The predicted octanol–water partition coefficient (Wildman–Crippen LogP) is 1.02. The molecule has 0 unspecified atom stereocenters. The van der Waals surface area contributed by atoms with Gasteiger partial charge in [0.2, 0.25) is 0 Å². The lowest BCUT2D eigenvalue weighted by Gasteiger charge is -2.39. The first kappa shape index (κ1) is 8.02. The molecule has 1 fully saturated rings. The molecule has 0 radical (unpaired) electrons. The summed E-state index contributed by atoms with van der Waals surface area (Å²) in [6.45, 7) is 9.43. The quantitative estimate of drug-likeness (QED) is 0.637. The summed E-state index contributed by atoms with van der Waals surface area (Å²) in [5, 5.41) is 3.20. The molecule has 0 amide bonds. The average Bonchev–Trinajstić information content (AvgIpc) is 1.79. The second-order valence-electron chi connectivity index (χ2n) is 3.76. The summed E-state index contributed by atoms with van der Waals surface area (Å²) in [5.74, 6) is 0.650. The van der Waals surface area contributed by atoms with Gasteiger partial charge in [0, 0.05) is 19.7 Å². The molecule has 1 heterocycles. The molecule has 0 aromatic carbocycles. The van der Waals surface area contributed by atoms with Gasteiger partial charge in [0.1, 0.15) is 0 Å². The fraction of sp³-hybridized carbons (Fsp3) is 1.00. The molecule has 1 saturated heterocycles. The molecule has 2 heteroatoms. The topological polar surface area (TPSA) is 21.3 Å². The van der Waals surface area contributed by atoms with Crippen molar-refractivity contribution in [3.63, 3.8) is 0 Å². The number of hydrogen-bond donors (Lipinski definition) is 1. The van der Waals surface area contributed by atoms with E-state index in [0.717, 1.165) is 19.7 Å². The maximum absolute atomic E-state index is 5.66. The van der Waals surface area contributed by atoms with Gasteiger partial charge in [0.05, 0.1) is 5.60 Å². The Morgan fingerprint density at radius 3 is 2.40 bits per heavy atom. The van der Waals surface area contributed by atoms with Crippen molar-refractivity contribution in [1.29, 1.82) is 0 Å². The summed E-state index contributed by atoms with van der Waals surface area (Å²) < 4.78 is 5.66. The first-order chi connectivity index (χ1) is 4.62. The maximum atomic E-state index is 5.66. The average molecular weight is 143 g/mol. The van der Waals surface area contributed by atoms with E-state index in [2.05, 4.69) is 26.1 Å². The van der Waals surface area contributed by atoms with Crippen molar-refractivity contribution in [2.24, 2.45) is 5.92 Å². The van der Waals surface area contributed by atoms with E-state index in [0.29, 0.717) is 5.92 Å². The molecule has 0 atom stereocenters. The summed E-state index contributed by atoms with van der Waals surface area (Å²) in [6, 6.07) is 0. The van der Waals surface area contributed by atoms with Crippen molar-refractivity contribution in [3.05, 3.63) is 0 Å². The third kappa shape index (κ3) is 1.96. The Morgan fingerprint density at radius 2 is 2.10 bits per heavy atom. The van der Waals surface area contributed by atoms with E-state index in [4.69, 9.17) is 4.74 Å². The van der Waals surface area contributed by atoms with E-state index in [9.17, 15) is 0 Å². The van der Waals surface area contributed by atoms with Crippen molar-refractivity contribution in [1.82, 2.24) is 5.32 Å². The van der Waals surface area contributed by atoms with Crippen LogP contribution in [0.3, 0.4) is 0 Å². The molecule has 0 aliphatic carbocycles. The molecule has 10 heavy (non-hydrogen) atoms. The lowest BCUT2D eigenvalue weighted by Crippen LogP contribution is -2.59. The standard InChI is InChI=1S/C8H17NO/c1-7(2)4-10-8(3)5-9-6-8/h7,9H,4-6H2,1-3H3. The Balaban J connectivity index is 2.12. The van der Waals surface area contributed by atoms with Crippen molar-refractivity contribution in [2.45, 2.75) is 26.4 Å². The van der Waals surface area contributed by atoms with Gasteiger partial charge in [-0.1, -0.05) is 13.8 Å². The number of rotatable bonds is 3. The predicted molar refractivity (Wildman–Crippen MR) is 42.1 cm³/mol. The van der Waals surface area contributed by atoms with E-state index in [1.165, 1.54) is 0 Å². The molecule has 0 bridgehead atoms. The van der Waals surface area contributed by atoms with Crippen LogP contribution in [0.5, 0.6) is 0 Å². The first-order valence-electron chi connectivity index (χ1n) is 3.97. The fourth-order valence-electron chi connectivity index (χ4n) is 0.947. The Kier molecular flexibility index (Phi) is 2.32. The van der Waals surface area contributed by atoms with E-state index in [1.807, 2.05) is 0 Å². The van der Waals surface area contributed by atoms with Crippen molar-refractivity contribution in [2.75, 3.05) is 19.7 Å². The highest BCUT2D eigenvalue weighted by molar-refractivity contribution is 4.90. The molecule has 1 N–H and O–H groups in total. The zero-order chi connectivity index (χ0) is 7.61. The SMILES string of the molecule is CC(C)COC1(C)CNC1. The summed E-state index contributed by atoms with van der Waals surface area (Å²) in [5.41, 5.74) is 0.143. The van der Waals surface area contributed by atoms with E-state index >= 15 is 0 Å². The highest BCUT2D eigenvalue weighted by atomic mass is 16.5. The minimum absolute atomic E-state index is 0.143. The zero-order valence-electron chi connectivity index (χ0n) is 7.11. The van der Waals surface area contributed by atoms with Gasteiger partial charge >= 0.3 is 0 Å². The molecule has 60 valence electrons. The molecule has 1 aliphatic rings. The van der Waals surface area contributed by atoms with Gasteiger partial charge in [-0.2, -0.15) is 0 Å². The van der Waals surface area contributed by atoms with Crippen LogP contribution in [0.4, 0.5) is 0 Å². The van der Waals surface area contributed by atoms with Crippen LogP contribution < -0.4 is 5.32 Å². The number of ether oxygens (including phenoxy) is 1. The van der Waals surface area contributed by atoms with Gasteiger partial charge in [0.15, 0.2) is 0 Å². The van der Waals surface area contributed by atoms with Crippen LogP contribution in [0.15, 0.2) is 0 Å². The molecular formula is C8H17NO. The second-order valence-corrected chi connectivity index (χ2v) is 3.76. The molecule has 1 aliphatic heterocycles. The molecule has 2 nitrogen and oxygen atoms in total. The molecule has 1 rings (SSSR count). The number of hydrogen-bond acceptors (Lipinski definition) is 2. The summed E-state index contributed by atoms with van der Waals surface area (Å²) in [7, 11) is 0. The van der Waals surface area contributed by atoms with Crippen LogP contribution in [0.2, 0.25) is 0 Å². The van der Waals surface area contributed by atoms with Crippen LogP contribution in [-0.2, 0) is 4.74 Å². The van der Waals surface area contributed by atoms with Gasteiger partial charge in [-0.05, 0) is 12.8 Å². The minimum atomic E-state index is 0.143. The van der Waals surface area contributed by atoms with Crippen molar-refractivity contribution < 1.29 is 4.74 Å². The molecule has 0 spiro atoms. The van der Waals surface area contributed by atoms with Crippen molar-refractivity contribution >= 4 is 0 Å². The smallest absolute Gasteiger partial charge is 0.0901 e. The Bertz CT molecular complexity index is 108. The van der Waals surface area contributed by atoms with Crippen LogP contribution in [0.1, 0.15) is 20.8 Å². The lowest BCUT2D eigenvalue weighted by atomic mass is 10.00. The molecule has 0 aromatic heterocycles. The fourth-order valence-corrected chi connectivity index (χ4v) is 0.947. The third-order valence-corrected chi connectivity index (χ3v) is 1.76. The highest BCUT2D eigenvalue weighted by Gasteiger charge is 2.32. The van der Waals surface area contributed by atoms with E-state index in [-0.39, 0.29) is 5.60 Å². The van der Waals surface area contributed by atoms with Crippen LogP contribution in [0, 0.1) is 5.92 Å². The minimum Gasteiger partial charge on any atom is -0.372 e.